The molecule has 0 heterocycles. The molecule has 168 valence electrons. The molecule has 0 spiro atoms. The van der Waals surface area contributed by atoms with Crippen molar-refractivity contribution in [2.75, 3.05) is 18.1 Å². The van der Waals surface area contributed by atoms with E-state index in [4.69, 9.17) is 5.73 Å². The van der Waals surface area contributed by atoms with Gasteiger partial charge in [0.15, 0.2) is 0 Å². The van der Waals surface area contributed by atoms with E-state index in [2.05, 4.69) is 73.0 Å². The van der Waals surface area contributed by atoms with Crippen LogP contribution in [0.2, 0.25) is 0 Å². The molecular weight excluding hydrogens is 412 g/mol. The summed E-state index contributed by atoms with van der Waals surface area (Å²) in [5.41, 5.74) is 5.05. The fourth-order valence-corrected chi connectivity index (χ4v) is 3.93. The Morgan fingerprint density at radius 1 is 0.800 bits per heavy atom. The van der Waals surface area contributed by atoms with Crippen molar-refractivity contribution in [3.63, 3.8) is 0 Å². The minimum Gasteiger partial charge on any atom is -0.369 e. The Kier molecular flexibility index (Phi) is 22.3. The molecule has 6 heteroatoms. The first-order valence-corrected chi connectivity index (χ1v) is 13.2. The summed E-state index contributed by atoms with van der Waals surface area (Å²) >= 11 is 0. The van der Waals surface area contributed by atoms with Crippen LogP contribution in [0.5, 0.6) is 0 Å². The summed E-state index contributed by atoms with van der Waals surface area (Å²) in [7, 11) is 2.97. The molecule has 0 atom stereocenters. The number of hydrogen-bond donors (Lipinski definition) is 2. The van der Waals surface area contributed by atoms with E-state index in [-0.39, 0.29) is 11.8 Å². The summed E-state index contributed by atoms with van der Waals surface area (Å²) in [6, 6.07) is 0. The highest BCUT2D eigenvalue weighted by atomic mass is 33.1. The van der Waals surface area contributed by atoms with Crippen LogP contribution in [-0.4, -0.2) is 29.9 Å². The zero-order valence-corrected chi connectivity index (χ0v) is 19.9. The van der Waals surface area contributed by atoms with Crippen LogP contribution in [0.3, 0.4) is 0 Å². The molecule has 0 aliphatic heterocycles. The Hall–Kier alpha value is -1.66. The molecule has 0 rings (SSSR count). The molecule has 0 aromatic carbocycles. The lowest BCUT2D eigenvalue weighted by molar-refractivity contribution is -0.121. The van der Waals surface area contributed by atoms with Crippen LogP contribution in [0.1, 0.15) is 58.3 Å². The number of carbonyl (C=O) groups excluding carboxylic acids is 2. The smallest absolute Gasteiger partial charge is 0.228 e. The molecule has 0 radical (unpaired) electrons. The van der Waals surface area contributed by atoms with Crippen molar-refractivity contribution in [2.24, 2.45) is 5.73 Å². The third kappa shape index (κ3) is 24.4. The van der Waals surface area contributed by atoms with Crippen molar-refractivity contribution in [1.82, 2.24) is 5.32 Å². The van der Waals surface area contributed by atoms with E-state index in [0.29, 0.717) is 18.7 Å². The number of amides is 2. The van der Waals surface area contributed by atoms with Gasteiger partial charge in [-0.1, -0.05) is 89.3 Å². The molecule has 0 saturated heterocycles. The third-order valence-corrected chi connectivity index (χ3v) is 6.02. The Morgan fingerprint density at radius 2 is 1.33 bits per heavy atom. The number of carbonyl (C=O) groups is 2. The monoisotopic (exact) mass is 450 g/mol. The van der Waals surface area contributed by atoms with Gasteiger partial charge in [0.2, 0.25) is 11.8 Å². The molecule has 3 N–H and O–H groups in total. The molecule has 30 heavy (non-hydrogen) atoms. The number of nitrogens with two attached hydrogens (primary N) is 1. The normalized spacial score (nSPS) is 12.3. The Morgan fingerprint density at radius 3 is 1.87 bits per heavy atom. The highest BCUT2D eigenvalue weighted by Gasteiger charge is 2.00. The molecule has 0 aliphatic carbocycles. The topological polar surface area (TPSA) is 72.2 Å². The number of rotatable bonds is 19. The SMILES string of the molecule is CC/C=C\CC=CCC=CC/C=C\C/C=C\CCCC(=O)NCCSSCC(N)=O. The second-order valence-electron chi connectivity index (χ2n) is 6.50. The summed E-state index contributed by atoms with van der Waals surface area (Å²) in [5, 5.41) is 2.89. The van der Waals surface area contributed by atoms with Gasteiger partial charge in [-0.3, -0.25) is 9.59 Å². The number of nitrogens with one attached hydrogen (secondary N) is 1. The number of allylic oxidation sites excluding steroid dienone is 10. The van der Waals surface area contributed by atoms with Gasteiger partial charge in [-0.25, -0.2) is 0 Å². The van der Waals surface area contributed by atoms with E-state index in [0.717, 1.165) is 50.7 Å². The van der Waals surface area contributed by atoms with E-state index in [1.54, 1.807) is 10.8 Å². The number of primary amides is 1. The highest BCUT2D eigenvalue weighted by molar-refractivity contribution is 8.76. The van der Waals surface area contributed by atoms with Crippen LogP contribution >= 0.6 is 21.6 Å². The van der Waals surface area contributed by atoms with Gasteiger partial charge >= 0.3 is 0 Å². The Labute approximate surface area is 191 Å². The molecule has 0 aliphatic rings. The first-order valence-electron chi connectivity index (χ1n) is 10.7. The maximum atomic E-state index is 11.7. The van der Waals surface area contributed by atoms with Gasteiger partial charge in [0, 0.05) is 18.7 Å². The van der Waals surface area contributed by atoms with Crippen molar-refractivity contribution < 1.29 is 9.59 Å². The Balaban J connectivity index is 3.49. The largest absolute Gasteiger partial charge is 0.369 e. The van der Waals surface area contributed by atoms with Crippen LogP contribution in [0.25, 0.3) is 0 Å². The molecule has 0 bridgehead atoms. The predicted octanol–water partition coefficient (Wildman–Crippen LogP) is 5.89. The minimum absolute atomic E-state index is 0.0860. The standard InChI is InChI=1S/C24H38N2O2S2/c1-2-3-4-5-6-7-8-9-10-11-12-13-14-15-16-17-18-19-24(28)26-20-21-29-30-22-23(25)27/h3-4,6-7,9-10,12-13,15-16H,2,5,8,11,14,17-22H2,1H3,(H2,25,27)(H,26,28)/b4-3-,7-6?,10-9?,13-12-,16-15-. The summed E-state index contributed by atoms with van der Waals surface area (Å²) in [6.45, 7) is 2.77. The first kappa shape index (κ1) is 28.3. The van der Waals surface area contributed by atoms with Crippen molar-refractivity contribution >= 4 is 33.4 Å². The fourth-order valence-electron chi connectivity index (χ4n) is 2.23. The summed E-state index contributed by atoms with van der Waals surface area (Å²) < 4.78 is 0. The van der Waals surface area contributed by atoms with Crippen LogP contribution < -0.4 is 11.1 Å². The molecule has 0 aromatic rings. The summed E-state index contributed by atoms with van der Waals surface area (Å²) in [5.74, 6) is 0.860. The molecule has 0 saturated carbocycles. The lowest BCUT2D eigenvalue weighted by Crippen LogP contribution is -2.25. The second-order valence-corrected chi connectivity index (χ2v) is 9.08. The van der Waals surface area contributed by atoms with Gasteiger partial charge in [0.1, 0.15) is 0 Å². The van der Waals surface area contributed by atoms with Crippen molar-refractivity contribution in [3.05, 3.63) is 60.8 Å². The van der Waals surface area contributed by atoms with Crippen LogP contribution in [0.4, 0.5) is 0 Å². The van der Waals surface area contributed by atoms with Crippen molar-refractivity contribution in [3.8, 4) is 0 Å². The zero-order chi connectivity index (χ0) is 22.1. The minimum atomic E-state index is -0.313. The van der Waals surface area contributed by atoms with Gasteiger partial charge in [0.05, 0.1) is 5.75 Å². The predicted molar refractivity (Wildman–Crippen MR) is 135 cm³/mol. The van der Waals surface area contributed by atoms with E-state index >= 15 is 0 Å². The maximum Gasteiger partial charge on any atom is 0.228 e. The van der Waals surface area contributed by atoms with E-state index in [9.17, 15) is 9.59 Å². The second kappa shape index (κ2) is 23.6. The maximum absolute atomic E-state index is 11.7. The molecular formula is C24H38N2O2S2. The van der Waals surface area contributed by atoms with Crippen LogP contribution in [-0.2, 0) is 9.59 Å². The van der Waals surface area contributed by atoms with Crippen LogP contribution in [0.15, 0.2) is 60.8 Å². The number of hydrogen-bond acceptors (Lipinski definition) is 4. The summed E-state index contributed by atoms with van der Waals surface area (Å²) in [4.78, 5) is 22.3. The number of unbranched alkanes of at least 4 members (excludes halogenated alkanes) is 1. The highest BCUT2D eigenvalue weighted by Crippen LogP contribution is 2.19. The van der Waals surface area contributed by atoms with E-state index in [1.165, 1.54) is 10.8 Å². The van der Waals surface area contributed by atoms with Gasteiger partial charge in [-0.05, 0) is 44.9 Å². The van der Waals surface area contributed by atoms with Crippen LogP contribution in [0, 0.1) is 0 Å². The molecule has 0 fully saturated rings. The van der Waals surface area contributed by atoms with Gasteiger partial charge in [-0.15, -0.1) is 0 Å². The Bertz CT molecular complexity index is 582. The molecule has 0 aromatic heterocycles. The quantitative estimate of drug-likeness (QED) is 0.146. The average molecular weight is 451 g/mol. The molecule has 2 amide bonds. The zero-order valence-electron chi connectivity index (χ0n) is 18.3. The average Bonchev–Trinajstić information content (AvgIpc) is 2.72. The first-order chi connectivity index (χ1) is 14.7. The van der Waals surface area contributed by atoms with Gasteiger partial charge in [-0.2, -0.15) is 0 Å². The lowest BCUT2D eigenvalue weighted by atomic mass is 10.2. The van der Waals surface area contributed by atoms with Crippen molar-refractivity contribution in [1.29, 1.82) is 0 Å². The molecule has 0 unspecified atom stereocenters. The fraction of sp³-hybridized carbons (Fsp3) is 0.500. The van der Waals surface area contributed by atoms with Gasteiger partial charge < -0.3 is 11.1 Å². The molecule has 4 nitrogen and oxygen atoms in total. The third-order valence-electron chi connectivity index (χ3n) is 3.72. The van der Waals surface area contributed by atoms with E-state index < -0.39 is 0 Å². The lowest BCUT2D eigenvalue weighted by Gasteiger charge is -2.03. The van der Waals surface area contributed by atoms with Crippen molar-refractivity contribution in [2.45, 2.75) is 58.3 Å². The summed E-state index contributed by atoms with van der Waals surface area (Å²) in [6.07, 6.45) is 29.2. The van der Waals surface area contributed by atoms with Gasteiger partial charge in [0.25, 0.3) is 0 Å². The van der Waals surface area contributed by atoms with E-state index in [1.807, 2.05) is 0 Å².